The predicted molar refractivity (Wildman–Crippen MR) is 69.6 cm³/mol. The molecule has 0 radical (unpaired) electrons. The molecule has 1 fully saturated rings. The second-order valence-corrected chi connectivity index (χ2v) is 4.68. The van der Waals surface area contributed by atoms with Gasteiger partial charge in [-0.15, -0.1) is 12.4 Å². The Morgan fingerprint density at radius 3 is 2.71 bits per heavy atom. The zero-order valence-electron chi connectivity index (χ0n) is 9.14. The molecule has 6 heteroatoms. The number of benzene rings is 1. The summed E-state index contributed by atoms with van der Waals surface area (Å²) in [4.78, 5) is 10.4. The average Bonchev–Trinajstić information content (AvgIpc) is 3.01. The van der Waals surface area contributed by atoms with Crippen molar-refractivity contribution >= 4 is 29.7 Å². The van der Waals surface area contributed by atoms with Gasteiger partial charge in [-0.2, -0.15) is 0 Å². The normalized spacial score (nSPS) is 16.1. The number of hydrogen-bond donors (Lipinski definition) is 1. The fourth-order valence-electron chi connectivity index (χ4n) is 1.83. The maximum Gasteiger partial charge on any atom is 0.274 e. The molecule has 17 heavy (non-hydrogen) atoms. The molecular formula is C11H14Cl2N2O2. The summed E-state index contributed by atoms with van der Waals surface area (Å²) in [5, 5.41) is 11.3. The molecule has 2 rings (SSSR count). The zero-order valence-corrected chi connectivity index (χ0v) is 10.7. The molecule has 0 aromatic heterocycles. The monoisotopic (exact) mass is 276 g/mol. The minimum absolute atomic E-state index is 0. The Bertz CT molecular complexity index is 422. The number of rotatable bonds is 4. The van der Waals surface area contributed by atoms with E-state index in [0.29, 0.717) is 16.5 Å². The van der Waals surface area contributed by atoms with Crippen molar-refractivity contribution in [1.29, 1.82) is 0 Å². The Morgan fingerprint density at radius 1 is 1.53 bits per heavy atom. The van der Waals surface area contributed by atoms with Crippen LogP contribution in [-0.4, -0.2) is 4.92 Å². The second-order valence-electron chi connectivity index (χ2n) is 4.25. The van der Waals surface area contributed by atoms with Crippen LogP contribution >= 0.6 is 24.0 Å². The van der Waals surface area contributed by atoms with Crippen LogP contribution in [0.1, 0.15) is 30.9 Å². The van der Waals surface area contributed by atoms with Crippen molar-refractivity contribution in [3.63, 3.8) is 0 Å². The fraction of sp³-hybridized carbons (Fsp3) is 0.455. The molecule has 94 valence electrons. The summed E-state index contributed by atoms with van der Waals surface area (Å²) in [6.45, 7) is 0. The molecule has 0 aliphatic heterocycles. The minimum Gasteiger partial charge on any atom is -0.324 e. The highest BCUT2D eigenvalue weighted by atomic mass is 35.5. The molecule has 0 unspecified atom stereocenters. The molecule has 4 nitrogen and oxygen atoms in total. The van der Waals surface area contributed by atoms with E-state index in [1.165, 1.54) is 25.0 Å². The number of nitro benzene ring substituents is 1. The minimum atomic E-state index is -0.404. The molecule has 0 saturated heterocycles. The summed E-state index contributed by atoms with van der Waals surface area (Å²) in [6.07, 6.45) is 3.17. The number of nitrogens with zero attached hydrogens (tertiary/aromatic N) is 1. The van der Waals surface area contributed by atoms with E-state index in [1.54, 1.807) is 6.07 Å². The fourth-order valence-corrected chi connectivity index (χ4v) is 2.01. The molecule has 0 amide bonds. The van der Waals surface area contributed by atoms with Crippen molar-refractivity contribution in [2.24, 2.45) is 11.7 Å². The van der Waals surface area contributed by atoms with E-state index < -0.39 is 4.92 Å². The summed E-state index contributed by atoms with van der Waals surface area (Å²) in [5.74, 6) is 0.633. The Morgan fingerprint density at radius 2 is 2.18 bits per heavy atom. The topological polar surface area (TPSA) is 69.2 Å². The predicted octanol–water partition coefficient (Wildman–Crippen LogP) is 3.47. The highest BCUT2D eigenvalue weighted by molar-refractivity contribution is 6.30. The van der Waals surface area contributed by atoms with Gasteiger partial charge in [0.15, 0.2) is 0 Å². The summed E-state index contributed by atoms with van der Waals surface area (Å²) in [7, 11) is 0. The van der Waals surface area contributed by atoms with Crippen molar-refractivity contribution in [3.8, 4) is 0 Å². The summed E-state index contributed by atoms with van der Waals surface area (Å²) in [5.41, 5.74) is 6.59. The first-order valence-corrected chi connectivity index (χ1v) is 5.65. The number of halogens is 2. The molecule has 1 aromatic rings. The number of nitrogens with two attached hydrogens (primary N) is 1. The first-order chi connectivity index (χ1) is 7.58. The third kappa shape index (κ3) is 3.56. The van der Waals surface area contributed by atoms with Gasteiger partial charge in [-0.25, -0.2) is 0 Å². The molecule has 0 spiro atoms. The third-order valence-electron chi connectivity index (χ3n) is 2.87. The Hall–Kier alpha value is -0.840. The van der Waals surface area contributed by atoms with Gasteiger partial charge >= 0.3 is 0 Å². The van der Waals surface area contributed by atoms with Crippen LogP contribution in [0.2, 0.25) is 5.02 Å². The van der Waals surface area contributed by atoms with Crippen LogP contribution in [0.5, 0.6) is 0 Å². The van der Waals surface area contributed by atoms with Crippen LogP contribution < -0.4 is 5.73 Å². The smallest absolute Gasteiger partial charge is 0.274 e. The van der Waals surface area contributed by atoms with Gasteiger partial charge in [-0.05, 0) is 24.5 Å². The SMILES string of the molecule is Cl.N[C@@H](CC1CC1)c1cc(Cl)ccc1[N+](=O)[O-]. The van der Waals surface area contributed by atoms with Crippen molar-refractivity contribution in [2.45, 2.75) is 25.3 Å². The van der Waals surface area contributed by atoms with Crippen LogP contribution in [0.25, 0.3) is 0 Å². The standard InChI is InChI=1S/C11H13ClN2O2.ClH/c12-8-3-4-11(14(15)16)9(6-8)10(13)5-7-1-2-7;/h3-4,6-7,10H,1-2,5,13H2;1H/t10-;/m0./s1. The molecule has 1 saturated carbocycles. The van der Waals surface area contributed by atoms with Gasteiger partial charge in [0.05, 0.1) is 4.92 Å². The molecule has 1 atom stereocenters. The first-order valence-electron chi connectivity index (χ1n) is 5.27. The van der Waals surface area contributed by atoms with Crippen molar-refractivity contribution in [1.82, 2.24) is 0 Å². The van der Waals surface area contributed by atoms with Gasteiger partial charge in [0.25, 0.3) is 5.69 Å². The van der Waals surface area contributed by atoms with E-state index >= 15 is 0 Å². The van der Waals surface area contributed by atoms with Crippen LogP contribution in [0.4, 0.5) is 5.69 Å². The lowest BCUT2D eigenvalue weighted by Gasteiger charge is -2.11. The Balaban J connectivity index is 0.00000144. The van der Waals surface area contributed by atoms with Gasteiger partial charge in [0.2, 0.25) is 0 Å². The molecule has 0 bridgehead atoms. The van der Waals surface area contributed by atoms with E-state index in [-0.39, 0.29) is 24.1 Å². The van der Waals surface area contributed by atoms with Crippen LogP contribution in [0.3, 0.4) is 0 Å². The number of nitro groups is 1. The average molecular weight is 277 g/mol. The van der Waals surface area contributed by atoms with E-state index in [0.717, 1.165) is 6.42 Å². The van der Waals surface area contributed by atoms with Gasteiger partial charge in [0.1, 0.15) is 0 Å². The molecule has 2 N–H and O–H groups in total. The Kier molecular flexibility index (Phi) is 4.74. The molecular weight excluding hydrogens is 263 g/mol. The lowest BCUT2D eigenvalue weighted by Crippen LogP contribution is -2.13. The van der Waals surface area contributed by atoms with Crippen LogP contribution in [0.15, 0.2) is 18.2 Å². The summed E-state index contributed by atoms with van der Waals surface area (Å²) >= 11 is 5.84. The van der Waals surface area contributed by atoms with Gasteiger partial charge in [0, 0.05) is 22.7 Å². The third-order valence-corrected chi connectivity index (χ3v) is 3.11. The highest BCUT2D eigenvalue weighted by Crippen LogP contribution is 2.39. The lowest BCUT2D eigenvalue weighted by atomic mass is 10.0. The quantitative estimate of drug-likeness (QED) is 0.676. The second kappa shape index (κ2) is 5.67. The van der Waals surface area contributed by atoms with Crippen molar-refractivity contribution in [2.75, 3.05) is 0 Å². The van der Waals surface area contributed by atoms with Gasteiger partial charge in [-0.3, -0.25) is 10.1 Å². The van der Waals surface area contributed by atoms with E-state index in [2.05, 4.69) is 0 Å². The summed E-state index contributed by atoms with van der Waals surface area (Å²) in [6, 6.07) is 4.26. The molecule has 1 aromatic carbocycles. The largest absolute Gasteiger partial charge is 0.324 e. The van der Waals surface area contributed by atoms with E-state index in [4.69, 9.17) is 17.3 Å². The van der Waals surface area contributed by atoms with Crippen molar-refractivity contribution < 1.29 is 4.92 Å². The maximum absolute atomic E-state index is 10.8. The van der Waals surface area contributed by atoms with Crippen LogP contribution in [0, 0.1) is 16.0 Å². The molecule has 0 heterocycles. The molecule has 1 aliphatic carbocycles. The van der Waals surface area contributed by atoms with Gasteiger partial charge < -0.3 is 5.73 Å². The Labute approximate surface area is 111 Å². The zero-order chi connectivity index (χ0) is 11.7. The van der Waals surface area contributed by atoms with Crippen LogP contribution in [-0.2, 0) is 0 Å². The van der Waals surface area contributed by atoms with Gasteiger partial charge in [-0.1, -0.05) is 24.4 Å². The van der Waals surface area contributed by atoms with E-state index in [1.807, 2.05) is 0 Å². The summed E-state index contributed by atoms with van der Waals surface area (Å²) < 4.78 is 0. The molecule has 1 aliphatic rings. The van der Waals surface area contributed by atoms with E-state index in [9.17, 15) is 10.1 Å². The van der Waals surface area contributed by atoms with Crippen molar-refractivity contribution in [3.05, 3.63) is 38.9 Å². The highest BCUT2D eigenvalue weighted by Gasteiger charge is 2.27. The number of hydrogen-bond acceptors (Lipinski definition) is 3. The maximum atomic E-state index is 10.8. The lowest BCUT2D eigenvalue weighted by molar-refractivity contribution is -0.385. The first kappa shape index (κ1) is 14.2.